The topological polar surface area (TPSA) is 33.1 Å². The fourth-order valence-electron chi connectivity index (χ4n) is 2.95. The van der Waals surface area contributed by atoms with Crippen LogP contribution in [0.2, 0.25) is 0 Å². The average Bonchev–Trinajstić information content (AvgIpc) is 2.97. The molecule has 0 unspecified atom stereocenters. The zero-order valence-corrected chi connectivity index (χ0v) is 12.8. The lowest BCUT2D eigenvalue weighted by molar-refractivity contribution is 0.208. The molecule has 0 amide bonds. The number of hydrogen-bond acceptors (Lipinski definition) is 3. The molecule has 21 heavy (non-hydrogen) atoms. The van der Waals surface area contributed by atoms with E-state index in [1.54, 1.807) is 0 Å². The van der Waals surface area contributed by atoms with Gasteiger partial charge < -0.3 is 9.88 Å². The summed E-state index contributed by atoms with van der Waals surface area (Å²) in [6, 6.07) is 8.82. The molecule has 0 bridgehead atoms. The van der Waals surface area contributed by atoms with Crippen molar-refractivity contribution in [3.05, 3.63) is 53.6 Å². The molecule has 1 N–H and O–H groups in total. The number of fused-ring (bicyclic) bond motifs is 1. The van der Waals surface area contributed by atoms with Crippen LogP contribution in [-0.2, 0) is 26.1 Å². The van der Waals surface area contributed by atoms with Crippen molar-refractivity contribution >= 4 is 0 Å². The van der Waals surface area contributed by atoms with Crippen LogP contribution < -0.4 is 5.32 Å². The SMILES string of the molecule is CCNCCc1ccccc1CN1CCn2ccnc2C1. The van der Waals surface area contributed by atoms with Gasteiger partial charge in [0.25, 0.3) is 0 Å². The second-order valence-corrected chi connectivity index (χ2v) is 5.62. The second kappa shape index (κ2) is 6.87. The highest BCUT2D eigenvalue weighted by Gasteiger charge is 2.17. The molecule has 0 saturated heterocycles. The monoisotopic (exact) mass is 284 g/mol. The molecule has 0 radical (unpaired) electrons. The Morgan fingerprint density at radius 1 is 1.19 bits per heavy atom. The third kappa shape index (κ3) is 3.52. The maximum absolute atomic E-state index is 4.44. The summed E-state index contributed by atoms with van der Waals surface area (Å²) in [6.07, 6.45) is 5.09. The van der Waals surface area contributed by atoms with Crippen molar-refractivity contribution in [2.75, 3.05) is 19.6 Å². The van der Waals surface area contributed by atoms with Crippen LogP contribution in [0.5, 0.6) is 0 Å². The Morgan fingerprint density at radius 2 is 2.05 bits per heavy atom. The van der Waals surface area contributed by atoms with E-state index in [0.29, 0.717) is 0 Å². The van der Waals surface area contributed by atoms with Gasteiger partial charge in [0.2, 0.25) is 0 Å². The first-order valence-corrected chi connectivity index (χ1v) is 7.86. The summed E-state index contributed by atoms with van der Waals surface area (Å²) in [6.45, 7) is 8.38. The van der Waals surface area contributed by atoms with Gasteiger partial charge in [0.1, 0.15) is 5.82 Å². The van der Waals surface area contributed by atoms with Crippen molar-refractivity contribution in [2.45, 2.75) is 33.0 Å². The van der Waals surface area contributed by atoms with E-state index in [4.69, 9.17) is 0 Å². The van der Waals surface area contributed by atoms with Crippen LogP contribution >= 0.6 is 0 Å². The lowest BCUT2D eigenvalue weighted by atomic mass is 10.0. The summed E-state index contributed by atoms with van der Waals surface area (Å²) in [5.41, 5.74) is 2.92. The fraction of sp³-hybridized carbons (Fsp3) is 0.471. The number of hydrogen-bond donors (Lipinski definition) is 1. The molecule has 3 rings (SSSR count). The predicted molar refractivity (Wildman–Crippen MR) is 85.0 cm³/mol. The average molecular weight is 284 g/mol. The molecule has 0 saturated carbocycles. The van der Waals surface area contributed by atoms with Crippen LogP contribution in [0.3, 0.4) is 0 Å². The van der Waals surface area contributed by atoms with Gasteiger partial charge in [0.15, 0.2) is 0 Å². The highest BCUT2D eigenvalue weighted by molar-refractivity contribution is 5.27. The molecule has 0 spiro atoms. The minimum Gasteiger partial charge on any atom is -0.333 e. The van der Waals surface area contributed by atoms with Crippen molar-refractivity contribution < 1.29 is 0 Å². The molecular weight excluding hydrogens is 260 g/mol. The molecule has 0 fully saturated rings. The van der Waals surface area contributed by atoms with Crippen molar-refractivity contribution in [1.82, 2.24) is 19.8 Å². The number of nitrogens with one attached hydrogen (secondary N) is 1. The lowest BCUT2D eigenvalue weighted by Gasteiger charge is -2.28. The quantitative estimate of drug-likeness (QED) is 0.824. The van der Waals surface area contributed by atoms with Gasteiger partial charge >= 0.3 is 0 Å². The normalized spacial score (nSPS) is 15.1. The Morgan fingerprint density at radius 3 is 2.90 bits per heavy atom. The first-order valence-electron chi connectivity index (χ1n) is 7.86. The van der Waals surface area contributed by atoms with Gasteiger partial charge in [-0.05, 0) is 30.6 Å². The second-order valence-electron chi connectivity index (χ2n) is 5.62. The number of benzene rings is 1. The molecule has 1 aromatic heterocycles. The third-order valence-electron chi connectivity index (χ3n) is 4.16. The van der Waals surface area contributed by atoms with Crippen LogP contribution in [0.1, 0.15) is 23.9 Å². The number of rotatable bonds is 6. The van der Waals surface area contributed by atoms with Crippen molar-refractivity contribution in [3.8, 4) is 0 Å². The highest BCUT2D eigenvalue weighted by Crippen LogP contribution is 2.17. The zero-order chi connectivity index (χ0) is 14.5. The number of imidazole rings is 1. The largest absolute Gasteiger partial charge is 0.333 e. The van der Waals surface area contributed by atoms with Crippen LogP contribution in [0.25, 0.3) is 0 Å². The molecule has 0 aliphatic carbocycles. The van der Waals surface area contributed by atoms with E-state index in [9.17, 15) is 0 Å². The Bertz CT molecular complexity index is 576. The summed E-state index contributed by atoms with van der Waals surface area (Å²) < 4.78 is 2.26. The third-order valence-corrected chi connectivity index (χ3v) is 4.16. The van der Waals surface area contributed by atoms with Crippen molar-refractivity contribution in [3.63, 3.8) is 0 Å². The van der Waals surface area contributed by atoms with Crippen molar-refractivity contribution in [2.24, 2.45) is 0 Å². The van der Waals surface area contributed by atoms with E-state index in [-0.39, 0.29) is 0 Å². The molecule has 4 nitrogen and oxygen atoms in total. The van der Waals surface area contributed by atoms with Gasteiger partial charge in [0.05, 0.1) is 6.54 Å². The summed E-state index contributed by atoms with van der Waals surface area (Å²) in [7, 11) is 0. The molecule has 0 atom stereocenters. The first kappa shape index (κ1) is 14.3. The Labute approximate surface area is 126 Å². The predicted octanol–water partition coefficient (Wildman–Crippen LogP) is 2.05. The van der Waals surface area contributed by atoms with Crippen LogP contribution in [-0.4, -0.2) is 34.1 Å². The van der Waals surface area contributed by atoms with Gasteiger partial charge in [-0.2, -0.15) is 0 Å². The van der Waals surface area contributed by atoms with Crippen LogP contribution in [0, 0.1) is 0 Å². The molecule has 1 aromatic carbocycles. The van der Waals surface area contributed by atoms with E-state index in [0.717, 1.165) is 45.7 Å². The number of aromatic nitrogens is 2. The number of likely N-dealkylation sites (N-methyl/N-ethyl adjacent to an activating group) is 1. The highest BCUT2D eigenvalue weighted by atomic mass is 15.2. The van der Waals surface area contributed by atoms with Crippen LogP contribution in [0.15, 0.2) is 36.7 Å². The maximum atomic E-state index is 4.44. The Kier molecular flexibility index (Phi) is 4.68. The van der Waals surface area contributed by atoms with Gasteiger partial charge in [-0.15, -0.1) is 0 Å². The van der Waals surface area contributed by atoms with Crippen molar-refractivity contribution in [1.29, 1.82) is 0 Å². The molecular formula is C17H24N4. The van der Waals surface area contributed by atoms with E-state index < -0.39 is 0 Å². The first-order chi connectivity index (χ1) is 10.4. The van der Waals surface area contributed by atoms with E-state index in [2.05, 4.69) is 57.2 Å². The van der Waals surface area contributed by atoms with Gasteiger partial charge in [0, 0.05) is 32.0 Å². The Balaban J connectivity index is 1.65. The molecule has 1 aliphatic rings. The van der Waals surface area contributed by atoms with E-state index in [1.165, 1.54) is 17.0 Å². The minimum atomic E-state index is 0.953. The number of nitrogens with zero attached hydrogens (tertiary/aromatic N) is 3. The van der Waals surface area contributed by atoms with Gasteiger partial charge in [-0.3, -0.25) is 4.90 Å². The summed E-state index contributed by atoms with van der Waals surface area (Å²) in [4.78, 5) is 6.94. The molecule has 2 heterocycles. The standard InChI is InChI=1S/C17H24N4/c1-2-18-8-7-15-5-3-4-6-16(15)13-20-11-12-21-10-9-19-17(21)14-20/h3-6,9-10,18H,2,7-8,11-14H2,1H3. The fourth-order valence-corrected chi connectivity index (χ4v) is 2.95. The molecule has 4 heteroatoms. The van der Waals surface area contributed by atoms with E-state index >= 15 is 0 Å². The molecule has 112 valence electrons. The summed E-state index contributed by atoms with van der Waals surface area (Å²) in [5, 5.41) is 3.41. The van der Waals surface area contributed by atoms with Gasteiger partial charge in [-0.1, -0.05) is 31.2 Å². The van der Waals surface area contributed by atoms with Crippen LogP contribution in [0.4, 0.5) is 0 Å². The maximum Gasteiger partial charge on any atom is 0.122 e. The smallest absolute Gasteiger partial charge is 0.122 e. The molecule has 2 aromatic rings. The summed E-state index contributed by atoms with van der Waals surface area (Å²) in [5.74, 6) is 1.19. The summed E-state index contributed by atoms with van der Waals surface area (Å²) >= 11 is 0. The van der Waals surface area contributed by atoms with E-state index in [1.807, 2.05) is 6.20 Å². The van der Waals surface area contributed by atoms with Gasteiger partial charge in [-0.25, -0.2) is 4.98 Å². The zero-order valence-electron chi connectivity index (χ0n) is 12.8. The molecule has 1 aliphatic heterocycles. The minimum absolute atomic E-state index is 0.953. The Hall–Kier alpha value is -1.65. The lowest BCUT2D eigenvalue weighted by Crippen LogP contribution is -2.33.